The summed E-state index contributed by atoms with van der Waals surface area (Å²) in [6, 6.07) is 6.47. The van der Waals surface area contributed by atoms with E-state index in [9.17, 15) is 0 Å². The molecule has 3 heteroatoms. The molecule has 1 unspecified atom stereocenters. The molecule has 0 aliphatic rings. The first-order chi connectivity index (χ1) is 9.72. The van der Waals surface area contributed by atoms with Crippen LogP contribution in [0.1, 0.15) is 47.7 Å². The van der Waals surface area contributed by atoms with Gasteiger partial charge in [0, 0.05) is 24.9 Å². The average Bonchev–Trinajstić information content (AvgIpc) is 2.95. The van der Waals surface area contributed by atoms with Crippen molar-refractivity contribution in [3.8, 4) is 0 Å². The van der Waals surface area contributed by atoms with Crippen molar-refractivity contribution in [2.75, 3.05) is 6.61 Å². The summed E-state index contributed by atoms with van der Waals surface area (Å²) in [4.78, 5) is 7.61. The Bertz CT molecular complexity index is 500. The summed E-state index contributed by atoms with van der Waals surface area (Å²) in [5.74, 6) is 1.45. The molecule has 0 fully saturated rings. The van der Waals surface area contributed by atoms with E-state index in [0.717, 1.165) is 31.5 Å². The molecule has 3 nitrogen and oxygen atoms in total. The Balaban J connectivity index is 2.05. The molecule has 0 radical (unpaired) electrons. The van der Waals surface area contributed by atoms with E-state index in [2.05, 4.69) is 42.0 Å². The molecule has 0 amide bonds. The van der Waals surface area contributed by atoms with Crippen molar-refractivity contribution in [3.05, 3.63) is 53.1 Å². The molecule has 2 aromatic rings. The maximum Gasteiger partial charge on any atom is 0.109 e. The van der Waals surface area contributed by atoms with Gasteiger partial charge < -0.3 is 10.1 Å². The summed E-state index contributed by atoms with van der Waals surface area (Å²) >= 11 is 0. The first kappa shape index (κ1) is 14.8. The first-order valence-corrected chi connectivity index (χ1v) is 7.37. The van der Waals surface area contributed by atoms with Crippen LogP contribution in [0.3, 0.4) is 0 Å². The maximum absolute atomic E-state index is 9.06. The Kier molecular flexibility index (Phi) is 5.36. The van der Waals surface area contributed by atoms with Gasteiger partial charge in [0.25, 0.3) is 0 Å². The number of imidazole rings is 1. The van der Waals surface area contributed by atoms with Gasteiger partial charge in [0.15, 0.2) is 0 Å². The van der Waals surface area contributed by atoms with Crippen molar-refractivity contribution in [2.24, 2.45) is 0 Å². The number of hydrogen-bond acceptors (Lipinski definition) is 2. The molecule has 0 saturated carbocycles. The standard InChI is InChI=1S/C17H24N2O/c1-13-5-3-6-14(2)16(13)9-8-15(7-4-12-20)17-18-10-11-19-17/h3,5-6,10-11,15,20H,4,7-9,12H2,1-2H3,(H,18,19). The highest BCUT2D eigenvalue weighted by atomic mass is 16.2. The molecule has 1 aromatic carbocycles. The Morgan fingerprint density at radius 1 is 1.20 bits per heavy atom. The topological polar surface area (TPSA) is 48.9 Å². The number of hydrogen-bond donors (Lipinski definition) is 2. The minimum Gasteiger partial charge on any atom is -0.396 e. The van der Waals surface area contributed by atoms with Crippen LogP contribution >= 0.6 is 0 Å². The summed E-state index contributed by atoms with van der Waals surface area (Å²) in [6.07, 6.45) is 7.63. The van der Waals surface area contributed by atoms with Crippen LogP contribution < -0.4 is 0 Å². The number of nitrogens with one attached hydrogen (secondary N) is 1. The lowest BCUT2D eigenvalue weighted by Crippen LogP contribution is -2.06. The summed E-state index contributed by atoms with van der Waals surface area (Å²) < 4.78 is 0. The quantitative estimate of drug-likeness (QED) is 0.810. The van der Waals surface area contributed by atoms with Gasteiger partial charge >= 0.3 is 0 Å². The summed E-state index contributed by atoms with van der Waals surface area (Å²) in [5, 5.41) is 9.06. The van der Waals surface area contributed by atoms with Crippen LogP contribution in [-0.2, 0) is 6.42 Å². The van der Waals surface area contributed by atoms with Crippen molar-refractivity contribution in [1.82, 2.24) is 9.97 Å². The van der Waals surface area contributed by atoms with Gasteiger partial charge in [-0.15, -0.1) is 0 Å². The second-order valence-corrected chi connectivity index (χ2v) is 5.45. The van der Waals surface area contributed by atoms with E-state index in [4.69, 9.17) is 5.11 Å². The molecule has 20 heavy (non-hydrogen) atoms. The Morgan fingerprint density at radius 3 is 2.55 bits per heavy atom. The van der Waals surface area contributed by atoms with Crippen molar-refractivity contribution in [3.63, 3.8) is 0 Å². The number of aryl methyl sites for hydroxylation is 2. The van der Waals surface area contributed by atoms with Gasteiger partial charge in [-0.3, -0.25) is 0 Å². The Labute approximate surface area is 121 Å². The number of aromatic nitrogens is 2. The van der Waals surface area contributed by atoms with E-state index in [0.29, 0.717) is 5.92 Å². The number of aliphatic hydroxyl groups is 1. The minimum atomic E-state index is 0.251. The third-order valence-electron chi connectivity index (χ3n) is 4.00. The second-order valence-electron chi connectivity index (χ2n) is 5.45. The predicted octanol–water partition coefficient (Wildman–Crippen LogP) is 3.52. The van der Waals surface area contributed by atoms with E-state index in [-0.39, 0.29) is 6.61 Å². The summed E-state index contributed by atoms with van der Waals surface area (Å²) in [5.41, 5.74) is 4.18. The molecule has 0 aliphatic carbocycles. The van der Waals surface area contributed by atoms with Gasteiger partial charge in [0.2, 0.25) is 0 Å². The smallest absolute Gasteiger partial charge is 0.109 e. The van der Waals surface area contributed by atoms with Crippen molar-refractivity contribution >= 4 is 0 Å². The van der Waals surface area contributed by atoms with E-state index in [1.165, 1.54) is 16.7 Å². The molecule has 1 heterocycles. The molecule has 2 rings (SSSR count). The third kappa shape index (κ3) is 3.70. The number of benzene rings is 1. The second kappa shape index (κ2) is 7.25. The van der Waals surface area contributed by atoms with Crippen LogP contribution in [0.15, 0.2) is 30.6 Å². The van der Waals surface area contributed by atoms with Crippen LogP contribution in [0, 0.1) is 13.8 Å². The van der Waals surface area contributed by atoms with Crippen LogP contribution in [0.5, 0.6) is 0 Å². The van der Waals surface area contributed by atoms with Gasteiger partial charge in [-0.2, -0.15) is 0 Å². The zero-order valence-corrected chi connectivity index (χ0v) is 12.4. The lowest BCUT2D eigenvalue weighted by Gasteiger charge is -2.16. The molecule has 0 aliphatic heterocycles. The summed E-state index contributed by atoms with van der Waals surface area (Å²) in [7, 11) is 0. The zero-order valence-electron chi connectivity index (χ0n) is 12.4. The number of nitrogens with zero attached hydrogens (tertiary/aromatic N) is 1. The van der Waals surface area contributed by atoms with Crippen molar-refractivity contribution < 1.29 is 5.11 Å². The molecule has 1 atom stereocenters. The van der Waals surface area contributed by atoms with Crippen LogP contribution in [0.25, 0.3) is 0 Å². The van der Waals surface area contributed by atoms with Gasteiger partial charge in [-0.1, -0.05) is 18.2 Å². The monoisotopic (exact) mass is 272 g/mol. The first-order valence-electron chi connectivity index (χ1n) is 7.37. The normalized spacial score (nSPS) is 12.6. The maximum atomic E-state index is 9.06. The highest BCUT2D eigenvalue weighted by Crippen LogP contribution is 2.25. The lowest BCUT2D eigenvalue weighted by atomic mass is 9.91. The van der Waals surface area contributed by atoms with Gasteiger partial charge in [-0.05, 0) is 56.2 Å². The molecular weight excluding hydrogens is 248 g/mol. The zero-order chi connectivity index (χ0) is 14.4. The summed E-state index contributed by atoms with van der Waals surface area (Å²) in [6.45, 7) is 4.61. The predicted molar refractivity (Wildman–Crippen MR) is 81.9 cm³/mol. The van der Waals surface area contributed by atoms with E-state index < -0.39 is 0 Å². The van der Waals surface area contributed by atoms with Gasteiger partial charge in [-0.25, -0.2) is 4.98 Å². The fourth-order valence-electron chi connectivity index (χ4n) is 2.82. The van der Waals surface area contributed by atoms with Gasteiger partial charge in [0.1, 0.15) is 5.82 Å². The number of aliphatic hydroxyl groups excluding tert-OH is 1. The number of H-pyrrole nitrogens is 1. The molecular formula is C17H24N2O. The van der Waals surface area contributed by atoms with E-state index in [1.807, 2.05) is 6.20 Å². The largest absolute Gasteiger partial charge is 0.396 e. The van der Waals surface area contributed by atoms with Crippen LogP contribution in [0.2, 0.25) is 0 Å². The number of rotatable bonds is 7. The molecule has 2 N–H and O–H groups in total. The van der Waals surface area contributed by atoms with Crippen LogP contribution in [-0.4, -0.2) is 21.7 Å². The minimum absolute atomic E-state index is 0.251. The Hall–Kier alpha value is -1.61. The van der Waals surface area contributed by atoms with E-state index in [1.54, 1.807) is 6.20 Å². The van der Waals surface area contributed by atoms with Gasteiger partial charge in [0.05, 0.1) is 0 Å². The average molecular weight is 272 g/mol. The molecule has 0 bridgehead atoms. The molecule has 1 aromatic heterocycles. The van der Waals surface area contributed by atoms with Crippen molar-refractivity contribution in [2.45, 2.75) is 45.4 Å². The fraction of sp³-hybridized carbons (Fsp3) is 0.471. The Morgan fingerprint density at radius 2 is 1.95 bits per heavy atom. The highest BCUT2D eigenvalue weighted by Gasteiger charge is 2.14. The number of aromatic amines is 1. The molecule has 0 spiro atoms. The van der Waals surface area contributed by atoms with E-state index >= 15 is 0 Å². The highest BCUT2D eigenvalue weighted by molar-refractivity contribution is 5.33. The molecule has 0 saturated heterocycles. The van der Waals surface area contributed by atoms with Crippen molar-refractivity contribution in [1.29, 1.82) is 0 Å². The van der Waals surface area contributed by atoms with Crippen LogP contribution in [0.4, 0.5) is 0 Å². The lowest BCUT2D eigenvalue weighted by molar-refractivity contribution is 0.277. The third-order valence-corrected chi connectivity index (χ3v) is 4.00. The SMILES string of the molecule is Cc1cccc(C)c1CCC(CCCO)c1ncc[nH]1. The molecule has 108 valence electrons. The fourth-order valence-corrected chi connectivity index (χ4v) is 2.82.